The molecule has 0 aromatic heterocycles. The predicted octanol–water partition coefficient (Wildman–Crippen LogP) is 7.71. The Morgan fingerprint density at radius 1 is 0.893 bits per heavy atom. The van der Waals surface area contributed by atoms with Crippen LogP contribution in [0.3, 0.4) is 0 Å². The number of hydrogen-bond acceptors (Lipinski definition) is 2. The van der Waals surface area contributed by atoms with E-state index in [4.69, 9.17) is 4.74 Å². The van der Waals surface area contributed by atoms with Crippen molar-refractivity contribution in [3.63, 3.8) is 0 Å². The van der Waals surface area contributed by atoms with Crippen molar-refractivity contribution in [3.8, 4) is 5.75 Å². The summed E-state index contributed by atoms with van der Waals surface area (Å²) < 4.78 is 5.91. The van der Waals surface area contributed by atoms with Gasteiger partial charge in [0.1, 0.15) is 12.4 Å². The van der Waals surface area contributed by atoms with Crippen molar-refractivity contribution in [2.75, 3.05) is 6.61 Å². The van der Waals surface area contributed by atoms with Crippen molar-refractivity contribution in [1.82, 2.24) is 0 Å². The summed E-state index contributed by atoms with van der Waals surface area (Å²) in [5.74, 6) is 0.777. The van der Waals surface area contributed by atoms with Gasteiger partial charge >= 0.3 is 0 Å². The van der Waals surface area contributed by atoms with Crippen molar-refractivity contribution >= 4 is 5.78 Å². The molecule has 0 saturated carbocycles. The van der Waals surface area contributed by atoms with Crippen LogP contribution in [0.4, 0.5) is 0 Å². The molecule has 0 heterocycles. The molecule has 1 aromatic carbocycles. The maximum atomic E-state index is 12.6. The Bertz CT molecular complexity index is 723. The van der Waals surface area contributed by atoms with Crippen LogP contribution in [0.2, 0.25) is 0 Å². The molecule has 0 radical (unpaired) electrons. The molecule has 0 N–H and O–H groups in total. The summed E-state index contributed by atoms with van der Waals surface area (Å²) in [7, 11) is 0. The number of carbonyl (C=O) groups is 1. The summed E-state index contributed by atoms with van der Waals surface area (Å²) in [5, 5.41) is 0. The van der Waals surface area contributed by atoms with Gasteiger partial charge in [0.15, 0.2) is 5.78 Å². The fraction of sp³-hybridized carbons (Fsp3) is 0.500. The van der Waals surface area contributed by atoms with E-state index >= 15 is 0 Å². The Kier molecular flexibility index (Phi) is 9.99. The molecule has 154 valence electrons. The minimum atomic E-state index is -0.416. The van der Waals surface area contributed by atoms with Crippen LogP contribution in [-0.2, 0) is 0 Å². The summed E-state index contributed by atoms with van der Waals surface area (Å²) in [5.41, 5.74) is 4.40. The number of ether oxygens (including phenoxy) is 1. The van der Waals surface area contributed by atoms with Crippen LogP contribution in [0, 0.1) is 5.41 Å². The van der Waals surface area contributed by atoms with E-state index in [1.807, 2.05) is 45.0 Å². The SMILES string of the molecule is CC(C)=CCC/C(C)=C/CC/C(C)=C/COc1ccccc1C(=O)C(C)(C)C. The first-order valence-corrected chi connectivity index (χ1v) is 10.3. The number of benzene rings is 1. The number of Topliss-reactive ketones (excluding diaryl/α,β-unsaturated/α-hetero) is 1. The second kappa shape index (κ2) is 11.7. The maximum Gasteiger partial charge on any atom is 0.171 e. The highest BCUT2D eigenvalue weighted by molar-refractivity contribution is 6.02. The topological polar surface area (TPSA) is 26.3 Å². The van der Waals surface area contributed by atoms with E-state index in [1.54, 1.807) is 0 Å². The maximum absolute atomic E-state index is 12.6. The Morgan fingerprint density at radius 2 is 1.46 bits per heavy atom. The molecule has 1 aromatic rings. The van der Waals surface area contributed by atoms with E-state index in [-0.39, 0.29) is 5.78 Å². The first-order chi connectivity index (χ1) is 13.1. The molecule has 1 rings (SSSR count). The lowest BCUT2D eigenvalue weighted by atomic mass is 9.86. The fourth-order valence-corrected chi connectivity index (χ4v) is 2.80. The van der Waals surface area contributed by atoms with Crippen LogP contribution in [0.5, 0.6) is 5.75 Å². The van der Waals surface area contributed by atoms with Gasteiger partial charge in [-0.25, -0.2) is 0 Å². The number of hydrogen-bond donors (Lipinski definition) is 0. The van der Waals surface area contributed by atoms with E-state index in [2.05, 4.69) is 45.9 Å². The minimum absolute atomic E-state index is 0.109. The highest BCUT2D eigenvalue weighted by Crippen LogP contribution is 2.27. The van der Waals surface area contributed by atoms with Crippen LogP contribution in [0.25, 0.3) is 0 Å². The largest absolute Gasteiger partial charge is 0.489 e. The number of carbonyl (C=O) groups excluding carboxylic acids is 1. The Labute approximate surface area is 172 Å². The highest BCUT2D eigenvalue weighted by Gasteiger charge is 2.25. The molecule has 0 amide bonds. The number of rotatable bonds is 10. The molecule has 0 aliphatic heterocycles. The van der Waals surface area contributed by atoms with Gasteiger partial charge in [-0.05, 0) is 71.6 Å². The van der Waals surface area contributed by atoms with E-state index in [0.717, 1.165) is 25.7 Å². The average molecular weight is 383 g/mol. The van der Waals surface area contributed by atoms with Gasteiger partial charge in [-0.2, -0.15) is 0 Å². The lowest BCUT2D eigenvalue weighted by molar-refractivity contribution is 0.0854. The third-order valence-corrected chi connectivity index (χ3v) is 4.61. The van der Waals surface area contributed by atoms with Gasteiger partial charge in [0.05, 0.1) is 5.56 Å². The van der Waals surface area contributed by atoms with E-state index in [0.29, 0.717) is 17.9 Å². The van der Waals surface area contributed by atoms with Crippen molar-refractivity contribution in [1.29, 1.82) is 0 Å². The van der Waals surface area contributed by atoms with Gasteiger partial charge in [-0.3, -0.25) is 4.79 Å². The molecule has 28 heavy (non-hydrogen) atoms. The Balaban J connectivity index is 2.53. The molecule has 0 spiro atoms. The van der Waals surface area contributed by atoms with E-state index < -0.39 is 5.41 Å². The summed E-state index contributed by atoms with van der Waals surface area (Å²) >= 11 is 0. The minimum Gasteiger partial charge on any atom is -0.489 e. The second-order valence-corrected chi connectivity index (χ2v) is 8.85. The lowest BCUT2D eigenvalue weighted by Crippen LogP contribution is -2.21. The number of ketones is 1. The molecule has 0 aliphatic carbocycles. The molecule has 2 nitrogen and oxygen atoms in total. The first-order valence-electron chi connectivity index (χ1n) is 10.3. The quantitative estimate of drug-likeness (QED) is 0.306. The summed E-state index contributed by atoms with van der Waals surface area (Å²) in [6.45, 7) is 14.9. The van der Waals surface area contributed by atoms with Crippen LogP contribution in [0.1, 0.15) is 84.5 Å². The molecule has 0 aliphatic rings. The third-order valence-electron chi connectivity index (χ3n) is 4.61. The number of para-hydroxylation sites is 1. The molecule has 0 bridgehead atoms. The summed E-state index contributed by atoms with van der Waals surface area (Å²) in [4.78, 5) is 12.6. The van der Waals surface area contributed by atoms with Crippen molar-refractivity contribution in [2.24, 2.45) is 5.41 Å². The van der Waals surface area contributed by atoms with Crippen LogP contribution in [0.15, 0.2) is 59.2 Å². The van der Waals surface area contributed by atoms with Gasteiger partial charge in [0.25, 0.3) is 0 Å². The van der Waals surface area contributed by atoms with E-state index in [1.165, 1.54) is 16.7 Å². The van der Waals surface area contributed by atoms with Crippen molar-refractivity contribution < 1.29 is 9.53 Å². The molecule has 0 fully saturated rings. The molecule has 0 unspecified atom stereocenters. The van der Waals surface area contributed by atoms with Crippen molar-refractivity contribution in [2.45, 2.75) is 74.1 Å². The summed E-state index contributed by atoms with van der Waals surface area (Å²) in [6, 6.07) is 7.52. The lowest BCUT2D eigenvalue weighted by Gasteiger charge is -2.18. The zero-order chi connectivity index (χ0) is 21.2. The molecule has 0 atom stereocenters. The predicted molar refractivity (Wildman–Crippen MR) is 121 cm³/mol. The van der Waals surface area contributed by atoms with E-state index in [9.17, 15) is 4.79 Å². The summed E-state index contributed by atoms with van der Waals surface area (Å²) in [6.07, 6.45) is 11.1. The molecular formula is C26H38O2. The van der Waals surface area contributed by atoms with Crippen LogP contribution in [-0.4, -0.2) is 12.4 Å². The standard InChI is InChI=1S/C26H38O2/c1-20(2)12-10-13-21(3)14-11-15-22(4)18-19-28-24-17-9-8-16-23(24)25(27)26(5,6)7/h8-9,12,14,16-18H,10-11,13,15,19H2,1-7H3/b21-14+,22-18+. The molecule has 2 heteroatoms. The van der Waals surface area contributed by atoms with Crippen LogP contribution < -0.4 is 4.74 Å². The highest BCUT2D eigenvalue weighted by atomic mass is 16.5. The second-order valence-electron chi connectivity index (χ2n) is 8.85. The zero-order valence-corrected chi connectivity index (χ0v) is 18.9. The van der Waals surface area contributed by atoms with Gasteiger partial charge < -0.3 is 4.74 Å². The van der Waals surface area contributed by atoms with Gasteiger partial charge in [-0.1, -0.05) is 61.8 Å². The Morgan fingerprint density at radius 3 is 2.07 bits per heavy atom. The molecular weight excluding hydrogens is 344 g/mol. The monoisotopic (exact) mass is 382 g/mol. The fourth-order valence-electron chi connectivity index (χ4n) is 2.80. The smallest absolute Gasteiger partial charge is 0.171 e. The Hall–Kier alpha value is -2.09. The average Bonchev–Trinajstić information content (AvgIpc) is 2.60. The third kappa shape index (κ3) is 9.21. The van der Waals surface area contributed by atoms with Gasteiger partial charge in [0, 0.05) is 5.41 Å². The normalized spacial score (nSPS) is 12.7. The van der Waals surface area contributed by atoms with Crippen molar-refractivity contribution in [3.05, 3.63) is 64.8 Å². The van der Waals surface area contributed by atoms with Crippen LogP contribution >= 0.6 is 0 Å². The number of allylic oxidation sites excluding steroid dienone is 5. The first kappa shape index (κ1) is 23.9. The van der Waals surface area contributed by atoms with Gasteiger partial charge in [0.2, 0.25) is 0 Å². The molecule has 0 saturated heterocycles. The zero-order valence-electron chi connectivity index (χ0n) is 18.9. The van der Waals surface area contributed by atoms with Gasteiger partial charge in [-0.15, -0.1) is 0 Å².